The number of halogens is 3. The highest BCUT2D eigenvalue weighted by atomic mass is 19.4. The molecule has 14 heavy (non-hydrogen) atoms. The van der Waals surface area contributed by atoms with Crippen LogP contribution in [0.25, 0.3) is 0 Å². The van der Waals surface area contributed by atoms with Gasteiger partial charge in [0.25, 0.3) is 0 Å². The van der Waals surface area contributed by atoms with Gasteiger partial charge in [-0.15, -0.1) is 10.5 Å². The van der Waals surface area contributed by atoms with Crippen LogP contribution in [0.3, 0.4) is 0 Å². The molecule has 0 aromatic heterocycles. The molecule has 0 saturated carbocycles. The summed E-state index contributed by atoms with van der Waals surface area (Å²) in [4.78, 5) is 0. The Bertz CT molecular complexity index is 407. The van der Waals surface area contributed by atoms with Crippen molar-refractivity contribution in [2.24, 2.45) is 5.10 Å². The first-order valence-corrected chi connectivity index (χ1v) is 3.96. The van der Waals surface area contributed by atoms with E-state index >= 15 is 0 Å². The Labute approximate surface area is 78.4 Å². The predicted octanol–water partition coefficient (Wildman–Crippen LogP) is 2.51. The van der Waals surface area contributed by atoms with Gasteiger partial charge in [-0.1, -0.05) is 12.1 Å². The Kier molecular flexibility index (Phi) is 1.77. The van der Waals surface area contributed by atoms with Crippen LogP contribution in [0.2, 0.25) is 0 Å². The molecule has 1 aromatic rings. The maximum atomic E-state index is 12.4. The number of hydrogen-bond donors (Lipinski definition) is 0. The summed E-state index contributed by atoms with van der Waals surface area (Å²) < 4.78 is 37.3. The van der Waals surface area contributed by atoms with Crippen molar-refractivity contribution < 1.29 is 13.2 Å². The van der Waals surface area contributed by atoms with E-state index in [9.17, 15) is 13.2 Å². The first-order chi connectivity index (χ1) is 6.50. The number of alkyl halides is 3. The van der Waals surface area contributed by atoms with Crippen molar-refractivity contribution in [2.45, 2.75) is 13.1 Å². The molecule has 0 atom stereocenters. The van der Waals surface area contributed by atoms with Crippen molar-refractivity contribution in [3.05, 3.63) is 29.3 Å². The molecular formula is C9H6F3N2. The van der Waals surface area contributed by atoms with Gasteiger partial charge < -0.3 is 0 Å². The van der Waals surface area contributed by atoms with Crippen molar-refractivity contribution in [1.82, 2.24) is 5.43 Å². The fourth-order valence-electron chi connectivity index (χ4n) is 1.40. The van der Waals surface area contributed by atoms with Gasteiger partial charge in [-0.25, -0.2) is 0 Å². The second kappa shape index (κ2) is 2.73. The van der Waals surface area contributed by atoms with Crippen LogP contribution in [0.15, 0.2) is 23.3 Å². The summed E-state index contributed by atoms with van der Waals surface area (Å²) in [5.74, 6) is 0. The van der Waals surface area contributed by atoms with Gasteiger partial charge in [-0.2, -0.15) is 13.2 Å². The average Bonchev–Trinajstić information content (AvgIpc) is 2.47. The lowest BCUT2D eigenvalue weighted by molar-refractivity contribution is -0.0580. The zero-order chi connectivity index (χ0) is 10.3. The van der Waals surface area contributed by atoms with E-state index < -0.39 is 11.9 Å². The van der Waals surface area contributed by atoms with Crippen molar-refractivity contribution >= 4 is 11.4 Å². The third kappa shape index (κ3) is 1.25. The molecule has 1 aliphatic heterocycles. The lowest BCUT2D eigenvalue weighted by Crippen LogP contribution is -2.22. The maximum absolute atomic E-state index is 12.4. The molecule has 2 nitrogen and oxygen atoms in total. The van der Waals surface area contributed by atoms with E-state index in [4.69, 9.17) is 0 Å². The maximum Gasteiger partial charge on any atom is 0.435 e. The molecule has 5 heteroatoms. The molecule has 1 radical (unpaired) electrons. The number of rotatable bonds is 0. The predicted molar refractivity (Wildman–Crippen MR) is 45.6 cm³/mol. The topological polar surface area (TPSA) is 26.5 Å². The zero-order valence-electron chi connectivity index (χ0n) is 7.26. The second-order valence-corrected chi connectivity index (χ2v) is 3.02. The van der Waals surface area contributed by atoms with Gasteiger partial charge in [0.2, 0.25) is 0 Å². The molecule has 0 bridgehead atoms. The van der Waals surface area contributed by atoms with Gasteiger partial charge in [-0.3, -0.25) is 0 Å². The minimum atomic E-state index is -4.43. The summed E-state index contributed by atoms with van der Waals surface area (Å²) in [5, 5.41) is 3.15. The first-order valence-electron chi connectivity index (χ1n) is 3.96. The summed E-state index contributed by atoms with van der Waals surface area (Å²) in [6, 6.07) is 4.79. The van der Waals surface area contributed by atoms with Gasteiger partial charge in [0.05, 0.1) is 5.69 Å². The molecule has 0 amide bonds. The van der Waals surface area contributed by atoms with E-state index in [1.165, 1.54) is 6.07 Å². The molecule has 0 unspecified atom stereocenters. The van der Waals surface area contributed by atoms with E-state index in [0.29, 0.717) is 5.56 Å². The largest absolute Gasteiger partial charge is 0.435 e. The minimum absolute atomic E-state index is 0.0972. The number of nitrogens with zero attached hydrogens (tertiary/aromatic N) is 2. The molecule has 0 N–H and O–H groups in total. The number of aryl methyl sites for hydroxylation is 1. The summed E-state index contributed by atoms with van der Waals surface area (Å²) in [6.45, 7) is 1.61. The van der Waals surface area contributed by atoms with Crippen LogP contribution < -0.4 is 5.43 Å². The summed E-state index contributed by atoms with van der Waals surface area (Å²) >= 11 is 0. The SMILES string of the molecule is Cc1cccc2c1C(C(F)(F)F)=N[N]2. The third-order valence-electron chi connectivity index (χ3n) is 2.01. The Morgan fingerprint density at radius 2 is 1.93 bits per heavy atom. The Balaban J connectivity index is 2.56. The molecule has 0 fully saturated rings. The van der Waals surface area contributed by atoms with Crippen LogP contribution in [0.1, 0.15) is 11.1 Å². The lowest BCUT2D eigenvalue weighted by Gasteiger charge is -2.07. The van der Waals surface area contributed by atoms with Gasteiger partial charge in [-0.05, 0) is 18.6 Å². The number of benzene rings is 1. The van der Waals surface area contributed by atoms with Crippen LogP contribution in [0.5, 0.6) is 0 Å². The molecule has 0 spiro atoms. The van der Waals surface area contributed by atoms with Crippen molar-refractivity contribution in [3.63, 3.8) is 0 Å². The molecule has 0 saturated heterocycles. The fourth-order valence-corrected chi connectivity index (χ4v) is 1.40. The third-order valence-corrected chi connectivity index (χ3v) is 2.01. The normalized spacial score (nSPS) is 14.7. The van der Waals surface area contributed by atoms with Crippen molar-refractivity contribution in [3.8, 4) is 0 Å². The molecule has 0 aliphatic carbocycles. The first kappa shape index (κ1) is 9.05. The quantitative estimate of drug-likeness (QED) is 0.613. The summed E-state index contributed by atoms with van der Waals surface area (Å²) in [5.41, 5.74) is 3.51. The average molecular weight is 199 g/mol. The van der Waals surface area contributed by atoms with Crippen molar-refractivity contribution in [2.75, 3.05) is 0 Å². The monoisotopic (exact) mass is 199 g/mol. The molecule has 1 aliphatic rings. The van der Waals surface area contributed by atoms with E-state index in [1.807, 2.05) is 0 Å². The smallest absolute Gasteiger partial charge is 0.164 e. The van der Waals surface area contributed by atoms with Crippen LogP contribution in [-0.2, 0) is 0 Å². The lowest BCUT2D eigenvalue weighted by atomic mass is 10.0. The van der Waals surface area contributed by atoms with Crippen LogP contribution in [0.4, 0.5) is 18.9 Å². The van der Waals surface area contributed by atoms with E-state index in [1.54, 1.807) is 19.1 Å². The summed E-state index contributed by atoms with van der Waals surface area (Å²) in [6.07, 6.45) is -4.43. The molecule has 1 aromatic carbocycles. The fraction of sp³-hybridized carbons (Fsp3) is 0.222. The van der Waals surface area contributed by atoms with Gasteiger partial charge in [0, 0.05) is 5.56 Å². The molecule has 73 valence electrons. The zero-order valence-corrected chi connectivity index (χ0v) is 7.26. The highest BCUT2D eigenvalue weighted by Gasteiger charge is 2.41. The Morgan fingerprint density at radius 3 is 2.57 bits per heavy atom. The van der Waals surface area contributed by atoms with Gasteiger partial charge >= 0.3 is 6.18 Å². The standard InChI is InChI=1S/C9H6F3N2/c1-5-3-2-4-6-7(5)8(14-13-6)9(10,11)12/h2-4H,1H3. The van der Waals surface area contributed by atoms with Crippen LogP contribution >= 0.6 is 0 Å². The number of fused-ring (bicyclic) bond motifs is 1. The number of hydrogen-bond acceptors (Lipinski definition) is 1. The highest BCUT2D eigenvalue weighted by Crippen LogP contribution is 2.33. The molecule has 2 rings (SSSR count). The van der Waals surface area contributed by atoms with Gasteiger partial charge in [0.1, 0.15) is 0 Å². The summed E-state index contributed by atoms with van der Waals surface area (Å²) in [7, 11) is 0. The molecule has 1 heterocycles. The second-order valence-electron chi connectivity index (χ2n) is 3.02. The Morgan fingerprint density at radius 1 is 1.21 bits per heavy atom. The highest BCUT2D eigenvalue weighted by molar-refractivity contribution is 6.10. The van der Waals surface area contributed by atoms with Crippen LogP contribution in [-0.4, -0.2) is 11.9 Å². The van der Waals surface area contributed by atoms with E-state index in [-0.39, 0.29) is 11.3 Å². The molecular weight excluding hydrogens is 193 g/mol. The van der Waals surface area contributed by atoms with Crippen LogP contribution in [0, 0.1) is 6.92 Å². The van der Waals surface area contributed by atoms with Crippen molar-refractivity contribution in [1.29, 1.82) is 0 Å². The van der Waals surface area contributed by atoms with E-state index in [2.05, 4.69) is 10.5 Å². The van der Waals surface area contributed by atoms with E-state index in [0.717, 1.165) is 0 Å². The minimum Gasteiger partial charge on any atom is -0.164 e. The van der Waals surface area contributed by atoms with Gasteiger partial charge in [0.15, 0.2) is 5.71 Å². The Hall–Kier alpha value is -1.52.